The molecule has 0 aliphatic carbocycles. The number of hydrogen-bond acceptors (Lipinski definition) is 5. The maximum Gasteiger partial charge on any atom is 0.307 e. The minimum absolute atomic E-state index is 0.0967. The normalized spacial score (nSPS) is 11.5. The number of carboxylic acid groups (broad SMARTS) is 1. The van der Waals surface area contributed by atoms with Gasteiger partial charge < -0.3 is 20.0 Å². The van der Waals surface area contributed by atoms with Gasteiger partial charge >= 0.3 is 5.97 Å². The maximum absolute atomic E-state index is 12.6. The zero-order valence-corrected chi connectivity index (χ0v) is 15.1. The summed E-state index contributed by atoms with van der Waals surface area (Å²) in [5.74, 6) is -2.77. The van der Waals surface area contributed by atoms with Crippen molar-refractivity contribution >= 4 is 41.0 Å². The Hall–Kier alpha value is -2.57. The number of carbonyl (C=O) groups is 3. The molecule has 0 bridgehead atoms. The fourth-order valence-electron chi connectivity index (χ4n) is 2.37. The molecular weight excluding hydrogens is 381 g/mol. The van der Waals surface area contributed by atoms with E-state index in [-0.39, 0.29) is 27.6 Å². The van der Waals surface area contributed by atoms with Gasteiger partial charge in [0.15, 0.2) is 0 Å². The highest BCUT2D eigenvalue weighted by atomic mass is 35.5. The molecule has 0 radical (unpaired) electrons. The molecule has 26 heavy (non-hydrogen) atoms. The van der Waals surface area contributed by atoms with Crippen molar-refractivity contribution < 1.29 is 24.2 Å². The number of carbonyl (C=O) groups excluding carboxylic acids is 3. The first-order chi connectivity index (χ1) is 12.3. The number of benzene rings is 2. The molecule has 0 aromatic heterocycles. The van der Waals surface area contributed by atoms with Crippen LogP contribution in [0.4, 0.5) is 0 Å². The van der Waals surface area contributed by atoms with E-state index in [0.29, 0.717) is 5.56 Å². The number of nitrogens with one attached hydrogen (secondary N) is 1. The summed E-state index contributed by atoms with van der Waals surface area (Å²) in [4.78, 5) is 35.5. The molecule has 2 aromatic rings. The van der Waals surface area contributed by atoms with Gasteiger partial charge in [0.1, 0.15) is 0 Å². The van der Waals surface area contributed by atoms with Gasteiger partial charge in [-0.25, -0.2) is 0 Å². The molecule has 136 valence electrons. The van der Waals surface area contributed by atoms with Crippen LogP contribution in [-0.2, 0) is 9.53 Å². The highest BCUT2D eigenvalue weighted by Gasteiger charge is 2.23. The summed E-state index contributed by atoms with van der Waals surface area (Å²) >= 11 is 12.2. The van der Waals surface area contributed by atoms with Gasteiger partial charge in [0.25, 0.3) is 5.91 Å². The van der Waals surface area contributed by atoms with E-state index < -0.39 is 23.9 Å². The summed E-state index contributed by atoms with van der Waals surface area (Å²) in [6.45, 7) is 0. The summed E-state index contributed by atoms with van der Waals surface area (Å²) in [7, 11) is 1.21. The van der Waals surface area contributed by atoms with Crippen LogP contribution < -0.4 is 10.4 Å². The Labute approximate surface area is 159 Å². The zero-order valence-electron chi connectivity index (χ0n) is 13.6. The van der Waals surface area contributed by atoms with Gasteiger partial charge in [0.2, 0.25) is 0 Å². The SMILES string of the molecule is COC(=O)C[C@@H](NC(=O)c1ccccc1C(=O)[O-])c1cccc(Cl)c1Cl. The van der Waals surface area contributed by atoms with Gasteiger partial charge in [-0.3, -0.25) is 9.59 Å². The van der Waals surface area contributed by atoms with E-state index in [2.05, 4.69) is 10.1 Å². The second-order valence-corrected chi connectivity index (χ2v) is 6.07. The van der Waals surface area contributed by atoms with E-state index in [4.69, 9.17) is 23.2 Å². The number of ether oxygens (including phenoxy) is 1. The number of aromatic carboxylic acids is 1. The van der Waals surface area contributed by atoms with Gasteiger partial charge in [-0.05, 0) is 17.7 Å². The van der Waals surface area contributed by atoms with Crippen molar-refractivity contribution in [1.82, 2.24) is 5.32 Å². The van der Waals surface area contributed by atoms with Crippen LogP contribution in [-0.4, -0.2) is 25.0 Å². The number of esters is 1. The third-order valence-electron chi connectivity index (χ3n) is 3.65. The molecule has 1 amide bonds. The smallest absolute Gasteiger partial charge is 0.307 e. The molecule has 8 heteroatoms. The lowest BCUT2D eigenvalue weighted by Crippen LogP contribution is -2.33. The molecule has 0 fully saturated rings. The average Bonchev–Trinajstić information content (AvgIpc) is 2.63. The van der Waals surface area contributed by atoms with Crippen LogP contribution in [0.1, 0.15) is 38.7 Å². The number of rotatable bonds is 6. The summed E-state index contributed by atoms with van der Waals surface area (Å²) in [5, 5.41) is 14.2. The second kappa shape index (κ2) is 8.69. The summed E-state index contributed by atoms with van der Waals surface area (Å²) in [6, 6.07) is 9.51. The summed E-state index contributed by atoms with van der Waals surface area (Å²) in [5.41, 5.74) is 0.0448. The van der Waals surface area contributed by atoms with Crippen LogP contribution in [0.15, 0.2) is 42.5 Å². The molecule has 0 spiro atoms. The van der Waals surface area contributed by atoms with E-state index in [1.165, 1.54) is 31.4 Å². The Morgan fingerprint density at radius 1 is 1.08 bits per heavy atom. The molecule has 1 atom stereocenters. The van der Waals surface area contributed by atoms with Gasteiger partial charge in [0.05, 0.1) is 35.6 Å². The third-order valence-corrected chi connectivity index (χ3v) is 4.49. The summed E-state index contributed by atoms with van der Waals surface area (Å²) in [6.07, 6.45) is -0.213. The third kappa shape index (κ3) is 4.53. The van der Waals surface area contributed by atoms with Crippen molar-refractivity contribution in [2.75, 3.05) is 7.11 Å². The molecular formula is C18H14Cl2NO5-. The lowest BCUT2D eigenvalue weighted by molar-refractivity contribution is -0.255. The van der Waals surface area contributed by atoms with Gasteiger partial charge in [-0.2, -0.15) is 0 Å². The number of amides is 1. The van der Waals surface area contributed by atoms with Crippen molar-refractivity contribution in [1.29, 1.82) is 0 Å². The van der Waals surface area contributed by atoms with Crippen molar-refractivity contribution in [2.45, 2.75) is 12.5 Å². The van der Waals surface area contributed by atoms with E-state index in [1.807, 2.05) is 0 Å². The Balaban J connectivity index is 2.38. The minimum atomic E-state index is -1.49. The second-order valence-electron chi connectivity index (χ2n) is 5.28. The van der Waals surface area contributed by atoms with Crippen molar-refractivity contribution in [3.63, 3.8) is 0 Å². The fourth-order valence-corrected chi connectivity index (χ4v) is 2.81. The van der Waals surface area contributed by atoms with E-state index in [1.54, 1.807) is 18.2 Å². The highest BCUT2D eigenvalue weighted by Crippen LogP contribution is 2.31. The first-order valence-electron chi connectivity index (χ1n) is 7.47. The van der Waals surface area contributed by atoms with Crippen LogP contribution in [0.5, 0.6) is 0 Å². The molecule has 0 saturated carbocycles. The van der Waals surface area contributed by atoms with E-state index >= 15 is 0 Å². The predicted octanol–water partition coefficient (Wildman–Crippen LogP) is 2.39. The number of carboxylic acids is 1. The first kappa shape index (κ1) is 19.8. The topological polar surface area (TPSA) is 95.5 Å². The lowest BCUT2D eigenvalue weighted by atomic mass is 10.0. The van der Waals surface area contributed by atoms with Crippen LogP contribution in [0, 0.1) is 0 Å². The number of hydrogen-bond donors (Lipinski definition) is 1. The Bertz CT molecular complexity index is 853. The van der Waals surface area contributed by atoms with Gasteiger partial charge in [-0.15, -0.1) is 0 Å². The molecule has 0 heterocycles. The van der Waals surface area contributed by atoms with Crippen molar-refractivity contribution in [3.8, 4) is 0 Å². The minimum Gasteiger partial charge on any atom is -0.545 e. The number of halogens is 2. The van der Waals surface area contributed by atoms with Crippen LogP contribution in [0.3, 0.4) is 0 Å². The van der Waals surface area contributed by atoms with Gasteiger partial charge in [0, 0.05) is 11.1 Å². The molecule has 0 aliphatic rings. The lowest BCUT2D eigenvalue weighted by Gasteiger charge is -2.21. The first-order valence-corrected chi connectivity index (χ1v) is 8.22. The molecule has 0 saturated heterocycles. The number of methoxy groups -OCH3 is 1. The summed E-state index contributed by atoms with van der Waals surface area (Å²) < 4.78 is 4.65. The molecule has 0 unspecified atom stereocenters. The van der Waals surface area contributed by atoms with E-state index in [9.17, 15) is 19.5 Å². The molecule has 2 rings (SSSR count). The van der Waals surface area contributed by atoms with E-state index in [0.717, 1.165) is 0 Å². The van der Waals surface area contributed by atoms with Crippen LogP contribution in [0.25, 0.3) is 0 Å². The Morgan fingerprint density at radius 2 is 1.73 bits per heavy atom. The fraction of sp³-hybridized carbons (Fsp3) is 0.167. The standard InChI is InChI=1S/C18H15Cl2NO5/c1-26-15(22)9-14(12-7-4-8-13(19)16(12)20)21-17(23)10-5-2-3-6-11(10)18(24)25/h2-8,14H,9H2,1H3,(H,21,23)(H,24,25)/p-1/t14-/m1/s1. The molecule has 2 aromatic carbocycles. The zero-order chi connectivity index (χ0) is 19.3. The van der Waals surface area contributed by atoms with Crippen molar-refractivity contribution in [2.24, 2.45) is 0 Å². The Kier molecular flexibility index (Phi) is 6.60. The maximum atomic E-state index is 12.6. The molecule has 0 aliphatic heterocycles. The van der Waals surface area contributed by atoms with Crippen molar-refractivity contribution in [3.05, 3.63) is 69.2 Å². The Morgan fingerprint density at radius 3 is 2.35 bits per heavy atom. The van der Waals surface area contributed by atoms with Crippen LogP contribution >= 0.6 is 23.2 Å². The average molecular weight is 395 g/mol. The van der Waals surface area contributed by atoms with Gasteiger partial charge in [-0.1, -0.05) is 53.5 Å². The quantitative estimate of drug-likeness (QED) is 0.758. The predicted molar refractivity (Wildman–Crippen MR) is 94.1 cm³/mol. The van der Waals surface area contributed by atoms with Crippen LogP contribution in [0.2, 0.25) is 10.0 Å². The largest absolute Gasteiger partial charge is 0.545 e. The molecule has 6 nitrogen and oxygen atoms in total. The highest BCUT2D eigenvalue weighted by molar-refractivity contribution is 6.42. The monoisotopic (exact) mass is 394 g/mol. The molecule has 1 N–H and O–H groups in total.